The minimum absolute atomic E-state index is 0.132. The van der Waals surface area contributed by atoms with Crippen molar-refractivity contribution in [3.63, 3.8) is 0 Å². The molecule has 0 bridgehead atoms. The average Bonchev–Trinajstić information content (AvgIpc) is 3.32. The molecule has 2 aliphatic heterocycles. The third-order valence-corrected chi connectivity index (χ3v) is 7.94. The Bertz CT molecular complexity index is 1130. The number of amides is 1. The van der Waals surface area contributed by atoms with Crippen molar-refractivity contribution >= 4 is 11.9 Å². The lowest BCUT2D eigenvalue weighted by molar-refractivity contribution is 0.0696. The van der Waals surface area contributed by atoms with Crippen molar-refractivity contribution in [1.82, 2.24) is 10.2 Å². The summed E-state index contributed by atoms with van der Waals surface area (Å²) >= 11 is 0. The van der Waals surface area contributed by atoms with Gasteiger partial charge in [-0.1, -0.05) is 0 Å². The van der Waals surface area contributed by atoms with Crippen molar-refractivity contribution < 1.29 is 19.4 Å². The van der Waals surface area contributed by atoms with Gasteiger partial charge in [-0.3, -0.25) is 4.79 Å². The van der Waals surface area contributed by atoms with Crippen molar-refractivity contribution in [2.24, 2.45) is 11.8 Å². The van der Waals surface area contributed by atoms with Crippen LogP contribution in [0.3, 0.4) is 0 Å². The Morgan fingerprint density at radius 2 is 1.80 bits per heavy atom. The maximum Gasteiger partial charge on any atom is 0.335 e. The first-order valence-electron chi connectivity index (χ1n) is 12.5. The van der Waals surface area contributed by atoms with Crippen LogP contribution in [0.25, 0.3) is 0 Å². The van der Waals surface area contributed by atoms with E-state index in [0.717, 1.165) is 57.7 Å². The van der Waals surface area contributed by atoms with Crippen LogP contribution in [0, 0.1) is 23.2 Å². The number of benzene rings is 2. The van der Waals surface area contributed by atoms with E-state index in [4.69, 9.17) is 9.84 Å². The number of ether oxygens (including phenoxy) is 1. The highest BCUT2D eigenvalue weighted by atomic mass is 16.5. The standard InChI is InChI=1S/C28H31N3O4/c29-14-19-3-10-26-24(13-19)25-16-31(15-22(25)17-35-26)12-11-18-1-8-23(9-2-18)30-27(32)20-4-6-21(7-5-20)28(33)34/h3-7,10,13,18,22-23,25H,1-2,8-9,11-12,15-17H2,(H,30,32)(H,33,34)/t18?,22-,23?,25+/m0/s1. The van der Waals surface area contributed by atoms with E-state index in [1.54, 1.807) is 12.1 Å². The first-order chi connectivity index (χ1) is 17.0. The number of carboxylic acid groups (broad SMARTS) is 1. The Labute approximate surface area is 205 Å². The van der Waals surface area contributed by atoms with Crippen LogP contribution in [0.1, 0.15) is 69.9 Å². The average molecular weight is 474 g/mol. The van der Waals surface area contributed by atoms with Gasteiger partial charge in [0.05, 0.1) is 23.8 Å². The molecule has 0 spiro atoms. The van der Waals surface area contributed by atoms with E-state index in [1.807, 2.05) is 18.2 Å². The number of nitrogens with one attached hydrogen (secondary N) is 1. The lowest BCUT2D eigenvalue weighted by Gasteiger charge is -2.30. The third kappa shape index (κ3) is 5.18. The quantitative estimate of drug-likeness (QED) is 0.656. The number of aromatic carboxylic acids is 1. The highest BCUT2D eigenvalue weighted by Crippen LogP contribution is 2.42. The van der Waals surface area contributed by atoms with E-state index in [-0.39, 0.29) is 17.5 Å². The Kier molecular flexibility index (Phi) is 6.74. The van der Waals surface area contributed by atoms with Crippen LogP contribution in [-0.4, -0.2) is 54.2 Å². The third-order valence-electron chi connectivity index (χ3n) is 7.94. The summed E-state index contributed by atoms with van der Waals surface area (Å²) in [4.78, 5) is 26.1. The van der Waals surface area contributed by atoms with E-state index in [0.29, 0.717) is 28.9 Å². The van der Waals surface area contributed by atoms with Gasteiger partial charge < -0.3 is 20.1 Å². The summed E-state index contributed by atoms with van der Waals surface area (Å²) in [5.74, 6) is 1.43. The second kappa shape index (κ2) is 10.1. The van der Waals surface area contributed by atoms with E-state index in [2.05, 4.69) is 16.3 Å². The van der Waals surface area contributed by atoms with Crippen molar-refractivity contribution in [2.75, 3.05) is 26.2 Å². The summed E-state index contributed by atoms with van der Waals surface area (Å²) in [6.07, 6.45) is 5.35. The second-order valence-electron chi connectivity index (χ2n) is 10.2. The molecule has 0 aromatic heterocycles. The number of nitrogens with zero attached hydrogens (tertiary/aromatic N) is 2. The van der Waals surface area contributed by atoms with E-state index in [1.165, 1.54) is 24.1 Å². The van der Waals surface area contributed by atoms with Crippen LogP contribution in [0.5, 0.6) is 5.75 Å². The minimum Gasteiger partial charge on any atom is -0.493 e. The molecule has 35 heavy (non-hydrogen) atoms. The molecule has 1 saturated heterocycles. The maximum atomic E-state index is 12.5. The SMILES string of the molecule is N#Cc1ccc2c(c1)[C@@H]1CN(CCC3CCC(NC(=O)c4ccc(C(=O)O)cc4)CC3)C[C@H]1CO2. The molecule has 0 radical (unpaired) electrons. The highest BCUT2D eigenvalue weighted by molar-refractivity contribution is 5.96. The van der Waals surface area contributed by atoms with Crippen molar-refractivity contribution in [3.05, 3.63) is 64.7 Å². The Balaban J connectivity index is 1.07. The van der Waals surface area contributed by atoms with Gasteiger partial charge in [0.25, 0.3) is 5.91 Å². The van der Waals surface area contributed by atoms with Crippen molar-refractivity contribution in [2.45, 2.75) is 44.1 Å². The van der Waals surface area contributed by atoms with Crippen LogP contribution < -0.4 is 10.1 Å². The number of carbonyl (C=O) groups is 2. The fourth-order valence-electron chi connectivity index (χ4n) is 5.89. The van der Waals surface area contributed by atoms with E-state index >= 15 is 0 Å². The number of hydrogen-bond acceptors (Lipinski definition) is 5. The van der Waals surface area contributed by atoms with Gasteiger partial charge in [-0.05, 0) is 87.0 Å². The zero-order chi connectivity index (χ0) is 24.4. The van der Waals surface area contributed by atoms with Gasteiger partial charge in [0.1, 0.15) is 5.75 Å². The molecular weight excluding hydrogens is 442 g/mol. The van der Waals surface area contributed by atoms with Crippen molar-refractivity contribution in [1.29, 1.82) is 5.26 Å². The fourth-order valence-corrected chi connectivity index (χ4v) is 5.89. The molecule has 2 fully saturated rings. The molecule has 1 aliphatic carbocycles. The van der Waals surface area contributed by atoms with Gasteiger partial charge in [0, 0.05) is 42.1 Å². The van der Waals surface area contributed by atoms with Crippen LogP contribution in [-0.2, 0) is 0 Å². The summed E-state index contributed by atoms with van der Waals surface area (Å²) in [5.41, 5.74) is 2.58. The lowest BCUT2D eigenvalue weighted by atomic mass is 9.84. The summed E-state index contributed by atoms with van der Waals surface area (Å²) in [6, 6.07) is 14.3. The number of rotatable bonds is 6. The topological polar surface area (TPSA) is 103 Å². The Hall–Kier alpha value is -3.37. The monoisotopic (exact) mass is 473 g/mol. The number of fused-ring (bicyclic) bond motifs is 3. The predicted molar refractivity (Wildman–Crippen MR) is 131 cm³/mol. The molecule has 2 heterocycles. The summed E-state index contributed by atoms with van der Waals surface area (Å²) in [7, 11) is 0. The van der Waals surface area contributed by atoms with Gasteiger partial charge in [0.2, 0.25) is 0 Å². The van der Waals surface area contributed by atoms with Crippen LogP contribution in [0.2, 0.25) is 0 Å². The molecule has 7 heteroatoms. The lowest BCUT2D eigenvalue weighted by Crippen LogP contribution is -2.38. The molecule has 182 valence electrons. The maximum absolute atomic E-state index is 12.5. The Morgan fingerprint density at radius 1 is 1.06 bits per heavy atom. The molecule has 2 aromatic carbocycles. The molecule has 2 N–H and O–H groups in total. The summed E-state index contributed by atoms with van der Waals surface area (Å²) < 4.78 is 5.97. The van der Waals surface area contributed by atoms with Crippen LogP contribution in [0.15, 0.2) is 42.5 Å². The molecule has 5 rings (SSSR count). The van der Waals surface area contributed by atoms with Gasteiger partial charge in [-0.2, -0.15) is 5.26 Å². The largest absolute Gasteiger partial charge is 0.493 e. The number of nitriles is 1. The molecule has 2 atom stereocenters. The number of likely N-dealkylation sites (tertiary alicyclic amines) is 1. The molecule has 3 aliphatic rings. The molecule has 2 aromatic rings. The fraction of sp³-hybridized carbons (Fsp3) is 0.464. The molecule has 1 saturated carbocycles. The zero-order valence-corrected chi connectivity index (χ0v) is 19.8. The number of carbonyl (C=O) groups excluding carboxylic acids is 1. The van der Waals surface area contributed by atoms with Gasteiger partial charge in [-0.15, -0.1) is 0 Å². The Morgan fingerprint density at radius 3 is 2.51 bits per heavy atom. The molecular formula is C28H31N3O4. The molecule has 1 amide bonds. The predicted octanol–water partition coefficient (Wildman–Crippen LogP) is 4.04. The first kappa shape index (κ1) is 23.4. The van der Waals surface area contributed by atoms with E-state index in [9.17, 15) is 14.9 Å². The number of hydrogen-bond donors (Lipinski definition) is 2. The second-order valence-corrected chi connectivity index (χ2v) is 10.2. The van der Waals surface area contributed by atoms with Gasteiger partial charge >= 0.3 is 5.97 Å². The van der Waals surface area contributed by atoms with E-state index < -0.39 is 5.97 Å². The van der Waals surface area contributed by atoms with Gasteiger partial charge in [-0.25, -0.2) is 4.79 Å². The minimum atomic E-state index is -0.991. The highest BCUT2D eigenvalue weighted by Gasteiger charge is 2.39. The summed E-state index contributed by atoms with van der Waals surface area (Å²) in [6.45, 7) is 3.91. The summed E-state index contributed by atoms with van der Waals surface area (Å²) in [5, 5.41) is 21.4. The molecule has 7 nitrogen and oxygen atoms in total. The van der Waals surface area contributed by atoms with Crippen LogP contribution in [0.4, 0.5) is 0 Å². The smallest absolute Gasteiger partial charge is 0.335 e. The normalized spacial score (nSPS) is 25.6. The van der Waals surface area contributed by atoms with Gasteiger partial charge in [0.15, 0.2) is 0 Å². The first-order valence-corrected chi connectivity index (χ1v) is 12.5. The number of carboxylic acids is 1. The molecule has 0 unspecified atom stereocenters. The zero-order valence-electron chi connectivity index (χ0n) is 19.8. The van der Waals surface area contributed by atoms with Crippen molar-refractivity contribution in [3.8, 4) is 11.8 Å². The van der Waals surface area contributed by atoms with Crippen LogP contribution >= 0.6 is 0 Å².